The van der Waals surface area contributed by atoms with Gasteiger partial charge in [0.15, 0.2) is 0 Å². The normalized spacial score (nSPS) is 24.1. The maximum atomic E-state index is 12.3. The van der Waals surface area contributed by atoms with Crippen LogP contribution in [-0.4, -0.2) is 39.4 Å². The van der Waals surface area contributed by atoms with Gasteiger partial charge in [-0.05, 0) is 0 Å². The Labute approximate surface area is 137 Å². The van der Waals surface area contributed by atoms with Gasteiger partial charge in [-0.3, -0.25) is 0 Å². The fraction of sp³-hybridized carbons (Fsp3) is 0.882. The van der Waals surface area contributed by atoms with Gasteiger partial charge in [-0.2, -0.15) is 0 Å². The van der Waals surface area contributed by atoms with E-state index in [2.05, 4.69) is 27.7 Å². The van der Waals surface area contributed by atoms with Crippen LogP contribution < -0.4 is 0 Å². The average Bonchev–Trinajstić information content (AvgIpc) is 2.88. The number of hydrogen-bond acceptors (Lipinski definition) is 4. The molecule has 0 spiro atoms. The summed E-state index contributed by atoms with van der Waals surface area (Å²) >= 11 is -1.84. The topological polar surface area (TPSA) is 52.6 Å². The standard InChI is InChI=1S/C17H32GeO4/c1-7-18(8-2,9-3)12-14-11-17(10-13(14)4,15(19)21-5)16(20)22-6/h13-14H,7-12H2,1-6H3/t13-,14+/m1/s1. The summed E-state index contributed by atoms with van der Waals surface area (Å²) in [4.78, 5) is 24.6. The SMILES string of the molecule is C[CH2][Ge]([CH2]C)([CH2]C)[CH2][C@@H]1CC(C(=O)OC)(C(=O)OC)C[C@H]1C. The van der Waals surface area contributed by atoms with Crippen LogP contribution >= 0.6 is 0 Å². The van der Waals surface area contributed by atoms with E-state index in [1.807, 2.05) is 0 Å². The summed E-state index contributed by atoms with van der Waals surface area (Å²) in [7, 11) is 2.72. The summed E-state index contributed by atoms with van der Waals surface area (Å²) in [6.45, 7) is 9.13. The van der Waals surface area contributed by atoms with E-state index in [0.29, 0.717) is 24.7 Å². The van der Waals surface area contributed by atoms with Crippen molar-refractivity contribution in [1.82, 2.24) is 0 Å². The Morgan fingerprint density at radius 3 is 1.82 bits per heavy atom. The van der Waals surface area contributed by atoms with Crippen molar-refractivity contribution >= 4 is 25.2 Å². The second-order valence-electron chi connectivity index (χ2n) is 6.98. The van der Waals surface area contributed by atoms with E-state index in [4.69, 9.17) is 9.47 Å². The molecule has 128 valence electrons. The molecule has 1 saturated carbocycles. The van der Waals surface area contributed by atoms with E-state index in [-0.39, 0.29) is 0 Å². The van der Waals surface area contributed by atoms with Crippen molar-refractivity contribution in [3.63, 3.8) is 0 Å². The van der Waals surface area contributed by atoms with Gasteiger partial charge >= 0.3 is 137 Å². The van der Waals surface area contributed by atoms with Crippen LogP contribution in [0.15, 0.2) is 0 Å². The predicted octanol–water partition coefficient (Wildman–Crippen LogP) is 3.87. The molecule has 0 N–H and O–H groups in total. The van der Waals surface area contributed by atoms with Crippen LogP contribution in [0.1, 0.15) is 40.5 Å². The van der Waals surface area contributed by atoms with Crippen molar-refractivity contribution in [2.24, 2.45) is 17.3 Å². The van der Waals surface area contributed by atoms with Crippen molar-refractivity contribution in [2.45, 2.75) is 61.5 Å². The van der Waals surface area contributed by atoms with Gasteiger partial charge in [0.05, 0.1) is 0 Å². The molecule has 5 heteroatoms. The molecule has 1 aliphatic carbocycles. The molecule has 0 aromatic rings. The minimum absolute atomic E-state index is 0.368. The van der Waals surface area contributed by atoms with E-state index in [0.717, 1.165) is 0 Å². The monoisotopic (exact) mass is 374 g/mol. The Morgan fingerprint density at radius 1 is 1.00 bits per heavy atom. The summed E-state index contributed by atoms with van der Waals surface area (Å²) in [5, 5.41) is 5.21. The molecule has 0 saturated heterocycles. The summed E-state index contributed by atoms with van der Waals surface area (Å²) in [5.41, 5.74) is -1.07. The molecule has 0 unspecified atom stereocenters. The molecule has 1 aliphatic rings. The Hall–Kier alpha value is -0.517. The Morgan fingerprint density at radius 2 is 1.45 bits per heavy atom. The number of carbonyl (C=O) groups is 2. The number of carbonyl (C=O) groups excluding carboxylic acids is 2. The molecular weight excluding hydrogens is 341 g/mol. The zero-order chi connectivity index (χ0) is 17.0. The zero-order valence-electron chi connectivity index (χ0n) is 15.0. The van der Waals surface area contributed by atoms with Gasteiger partial charge in [-0.25, -0.2) is 0 Å². The van der Waals surface area contributed by atoms with Crippen molar-refractivity contribution in [3.8, 4) is 0 Å². The van der Waals surface area contributed by atoms with Gasteiger partial charge in [0.25, 0.3) is 0 Å². The summed E-state index contributed by atoms with van der Waals surface area (Å²) in [6, 6.07) is 0. The van der Waals surface area contributed by atoms with Crippen LogP contribution in [0.5, 0.6) is 0 Å². The summed E-state index contributed by atoms with van der Waals surface area (Å²) in [5.74, 6) is -0.0292. The van der Waals surface area contributed by atoms with Crippen molar-refractivity contribution < 1.29 is 19.1 Å². The first kappa shape index (κ1) is 19.5. The number of esters is 2. The number of methoxy groups -OCH3 is 2. The fourth-order valence-corrected chi connectivity index (χ4v) is 12.7. The van der Waals surface area contributed by atoms with Gasteiger partial charge in [0.1, 0.15) is 0 Å². The fourth-order valence-electron chi connectivity index (χ4n) is 4.27. The summed E-state index contributed by atoms with van der Waals surface area (Å²) < 4.78 is 9.88. The molecule has 1 fully saturated rings. The molecular formula is C17H32GeO4. The molecule has 0 aromatic carbocycles. The summed E-state index contributed by atoms with van der Waals surface area (Å²) in [6.07, 6.45) is 1.16. The van der Waals surface area contributed by atoms with Gasteiger partial charge in [0, 0.05) is 0 Å². The van der Waals surface area contributed by atoms with Crippen LogP contribution in [0.4, 0.5) is 0 Å². The third-order valence-corrected chi connectivity index (χ3v) is 18.5. The Balaban J connectivity index is 3.03. The molecule has 0 heterocycles. The Kier molecular flexibility index (Phi) is 6.96. The van der Waals surface area contributed by atoms with Crippen LogP contribution in [0.25, 0.3) is 0 Å². The predicted molar refractivity (Wildman–Crippen MR) is 90.4 cm³/mol. The quantitative estimate of drug-likeness (QED) is 0.386. The van der Waals surface area contributed by atoms with Crippen LogP contribution in [0, 0.1) is 17.3 Å². The second-order valence-corrected chi connectivity index (χ2v) is 18.6. The molecule has 0 aromatic heterocycles. The van der Waals surface area contributed by atoms with Crippen molar-refractivity contribution in [1.29, 1.82) is 0 Å². The average molecular weight is 373 g/mol. The first-order valence-corrected chi connectivity index (χ1v) is 14.4. The molecule has 1 rings (SSSR count). The van der Waals surface area contributed by atoms with Crippen LogP contribution in [-0.2, 0) is 19.1 Å². The van der Waals surface area contributed by atoms with Gasteiger partial charge in [-0.15, -0.1) is 0 Å². The molecule has 0 bridgehead atoms. The van der Waals surface area contributed by atoms with Crippen LogP contribution in [0.2, 0.25) is 21.0 Å². The van der Waals surface area contributed by atoms with Gasteiger partial charge in [0.2, 0.25) is 0 Å². The van der Waals surface area contributed by atoms with E-state index >= 15 is 0 Å². The van der Waals surface area contributed by atoms with Gasteiger partial charge in [-0.1, -0.05) is 0 Å². The molecule has 22 heavy (non-hydrogen) atoms. The number of rotatable bonds is 7. The van der Waals surface area contributed by atoms with Crippen molar-refractivity contribution in [3.05, 3.63) is 0 Å². The second kappa shape index (κ2) is 7.84. The number of hydrogen-bond donors (Lipinski definition) is 0. The third-order valence-electron chi connectivity index (χ3n) is 6.18. The van der Waals surface area contributed by atoms with E-state index < -0.39 is 30.6 Å². The maximum absolute atomic E-state index is 12.3. The molecule has 0 aliphatic heterocycles. The molecule has 0 amide bonds. The first-order valence-electron chi connectivity index (χ1n) is 8.51. The minimum atomic E-state index is -1.84. The molecule has 0 radical (unpaired) electrons. The number of ether oxygens (including phenoxy) is 2. The van der Waals surface area contributed by atoms with E-state index in [9.17, 15) is 9.59 Å². The third kappa shape index (κ3) is 3.52. The molecule has 4 nitrogen and oxygen atoms in total. The van der Waals surface area contributed by atoms with Gasteiger partial charge < -0.3 is 0 Å². The Bertz CT molecular complexity index is 379. The molecule has 2 atom stereocenters. The zero-order valence-corrected chi connectivity index (χ0v) is 17.1. The first-order chi connectivity index (χ1) is 10.3. The van der Waals surface area contributed by atoms with Crippen molar-refractivity contribution in [2.75, 3.05) is 14.2 Å². The van der Waals surface area contributed by atoms with Crippen LogP contribution in [0.3, 0.4) is 0 Å². The van der Waals surface area contributed by atoms with E-state index in [1.54, 1.807) is 0 Å². The van der Waals surface area contributed by atoms with E-state index in [1.165, 1.54) is 35.2 Å².